The standard InChI is InChI=1S/C23H22N4O6/c1-22-6-5-12(18(24)28)7-16(22)33-17(9-22)23(20(30)25-21(31)26-23)11-27-10-13-3-4-14(32-2)8-15(13)19(27)29/h3-9,16H,10-11H2,1-2H3,(H2,24,28)(H2,25,26,30,31). The van der Waals surface area contributed by atoms with Gasteiger partial charge in [-0.25, -0.2) is 4.79 Å². The van der Waals surface area contributed by atoms with Crippen molar-refractivity contribution >= 4 is 23.8 Å². The van der Waals surface area contributed by atoms with Gasteiger partial charge in [0.25, 0.3) is 11.8 Å². The fourth-order valence-corrected chi connectivity index (χ4v) is 4.63. The van der Waals surface area contributed by atoms with Crippen LogP contribution in [0.5, 0.6) is 5.75 Å². The van der Waals surface area contributed by atoms with Crippen molar-refractivity contribution < 1.29 is 28.7 Å². The van der Waals surface area contributed by atoms with Crippen LogP contribution in [-0.4, -0.2) is 54.0 Å². The average molecular weight is 450 g/mol. The number of nitrogens with one attached hydrogen (secondary N) is 2. The fraction of sp³-hybridized carbons (Fsp3) is 0.304. The van der Waals surface area contributed by atoms with Gasteiger partial charge in [-0.1, -0.05) is 18.2 Å². The third kappa shape index (κ3) is 3.09. The number of imide groups is 1. The maximum Gasteiger partial charge on any atom is 0.322 e. The van der Waals surface area contributed by atoms with E-state index in [4.69, 9.17) is 15.2 Å². The zero-order valence-electron chi connectivity index (χ0n) is 18.0. The molecule has 10 heteroatoms. The summed E-state index contributed by atoms with van der Waals surface area (Å²) < 4.78 is 11.3. The molecule has 0 spiro atoms. The Balaban J connectivity index is 1.49. The molecule has 5 amide bonds. The van der Waals surface area contributed by atoms with Gasteiger partial charge in [0, 0.05) is 23.1 Å². The van der Waals surface area contributed by atoms with Crippen LogP contribution in [-0.2, 0) is 20.9 Å². The van der Waals surface area contributed by atoms with Gasteiger partial charge in [-0.15, -0.1) is 0 Å². The molecule has 1 aromatic carbocycles. The number of urea groups is 1. The van der Waals surface area contributed by atoms with Crippen molar-refractivity contribution in [2.45, 2.75) is 25.1 Å². The lowest BCUT2D eigenvalue weighted by molar-refractivity contribution is -0.124. The molecule has 33 heavy (non-hydrogen) atoms. The molecule has 1 fully saturated rings. The Kier molecular flexibility index (Phi) is 4.39. The number of fused-ring (bicyclic) bond motifs is 2. The molecule has 0 radical (unpaired) electrons. The molecule has 0 aromatic heterocycles. The van der Waals surface area contributed by atoms with Crippen LogP contribution >= 0.6 is 0 Å². The van der Waals surface area contributed by atoms with Crippen molar-refractivity contribution in [1.29, 1.82) is 0 Å². The van der Waals surface area contributed by atoms with Crippen molar-refractivity contribution in [1.82, 2.24) is 15.5 Å². The van der Waals surface area contributed by atoms with Crippen molar-refractivity contribution in [3.63, 3.8) is 0 Å². The molecule has 5 rings (SSSR count). The minimum Gasteiger partial charge on any atom is -0.497 e. The Bertz CT molecular complexity index is 1220. The molecule has 1 aromatic rings. The molecule has 170 valence electrons. The van der Waals surface area contributed by atoms with Crippen LogP contribution in [0.2, 0.25) is 0 Å². The molecule has 0 bridgehead atoms. The number of carbonyl (C=O) groups is 4. The maximum absolute atomic E-state index is 13.1. The van der Waals surface area contributed by atoms with Crippen LogP contribution in [0, 0.1) is 5.41 Å². The molecular weight excluding hydrogens is 428 g/mol. The van der Waals surface area contributed by atoms with Gasteiger partial charge in [0.15, 0.2) is 5.54 Å². The summed E-state index contributed by atoms with van der Waals surface area (Å²) in [6, 6.07) is 4.53. The predicted octanol–water partition coefficient (Wildman–Crippen LogP) is 0.500. The highest BCUT2D eigenvalue weighted by Crippen LogP contribution is 2.45. The van der Waals surface area contributed by atoms with Crippen molar-refractivity contribution in [2.75, 3.05) is 13.7 Å². The largest absolute Gasteiger partial charge is 0.497 e. The summed E-state index contributed by atoms with van der Waals surface area (Å²) in [6.45, 7) is 2.01. The van der Waals surface area contributed by atoms with Gasteiger partial charge < -0.3 is 25.4 Å². The number of ether oxygens (including phenoxy) is 2. The van der Waals surface area contributed by atoms with E-state index in [1.807, 2.05) is 6.92 Å². The second kappa shape index (κ2) is 6.96. The molecule has 1 saturated heterocycles. The number of carbonyl (C=O) groups excluding carboxylic acids is 4. The van der Waals surface area contributed by atoms with E-state index < -0.39 is 34.9 Å². The second-order valence-corrected chi connectivity index (χ2v) is 8.73. The molecule has 1 aliphatic carbocycles. The SMILES string of the molecule is COc1ccc2c(c1)C(=O)N(CC1(C3=CC4(C)C=CC(C(N)=O)=CC4O3)NC(=O)NC1=O)C2. The lowest BCUT2D eigenvalue weighted by Crippen LogP contribution is -2.57. The van der Waals surface area contributed by atoms with Crippen LogP contribution in [0.1, 0.15) is 22.8 Å². The Labute approximate surface area is 189 Å². The molecule has 3 atom stereocenters. The van der Waals surface area contributed by atoms with E-state index in [0.717, 1.165) is 5.56 Å². The first-order chi connectivity index (χ1) is 15.6. The third-order valence-electron chi connectivity index (χ3n) is 6.53. The topological polar surface area (TPSA) is 140 Å². The van der Waals surface area contributed by atoms with Gasteiger partial charge in [-0.3, -0.25) is 19.7 Å². The zero-order valence-corrected chi connectivity index (χ0v) is 18.0. The lowest BCUT2D eigenvalue weighted by Gasteiger charge is -2.32. The van der Waals surface area contributed by atoms with Crippen molar-refractivity contribution in [3.8, 4) is 5.75 Å². The fourth-order valence-electron chi connectivity index (χ4n) is 4.63. The molecular formula is C23H22N4O6. The highest BCUT2D eigenvalue weighted by molar-refractivity contribution is 6.10. The smallest absolute Gasteiger partial charge is 0.322 e. The minimum atomic E-state index is -1.62. The summed E-state index contributed by atoms with van der Waals surface area (Å²) in [5.41, 5.74) is 4.68. The molecule has 4 N–H and O–H groups in total. The molecule has 3 heterocycles. The monoisotopic (exact) mass is 450 g/mol. The first-order valence-electron chi connectivity index (χ1n) is 10.4. The zero-order chi connectivity index (χ0) is 23.5. The van der Waals surface area contributed by atoms with Gasteiger partial charge in [0.2, 0.25) is 5.91 Å². The summed E-state index contributed by atoms with van der Waals surface area (Å²) in [6.07, 6.45) is 6.12. The van der Waals surface area contributed by atoms with E-state index in [0.29, 0.717) is 16.9 Å². The number of benzene rings is 1. The number of hydrogen-bond donors (Lipinski definition) is 3. The van der Waals surface area contributed by atoms with Crippen LogP contribution < -0.4 is 21.1 Å². The minimum absolute atomic E-state index is 0.134. The van der Waals surface area contributed by atoms with E-state index in [1.54, 1.807) is 42.5 Å². The third-order valence-corrected chi connectivity index (χ3v) is 6.53. The normalized spacial score (nSPS) is 29.6. The first-order valence-corrected chi connectivity index (χ1v) is 10.4. The number of amides is 5. The quantitative estimate of drug-likeness (QED) is 0.558. The van der Waals surface area contributed by atoms with Gasteiger partial charge in [-0.05, 0) is 36.8 Å². The number of rotatable bonds is 5. The van der Waals surface area contributed by atoms with Crippen molar-refractivity contribution in [3.05, 3.63) is 65.0 Å². The molecule has 10 nitrogen and oxygen atoms in total. The first kappa shape index (κ1) is 20.8. The lowest BCUT2D eigenvalue weighted by atomic mass is 9.79. The molecule has 3 unspecified atom stereocenters. The Morgan fingerprint density at radius 1 is 1.33 bits per heavy atom. The number of nitrogens with two attached hydrogens (primary N) is 1. The van der Waals surface area contributed by atoms with Crippen molar-refractivity contribution in [2.24, 2.45) is 11.1 Å². The van der Waals surface area contributed by atoms with E-state index in [1.165, 1.54) is 12.0 Å². The Morgan fingerprint density at radius 2 is 2.12 bits per heavy atom. The highest BCUT2D eigenvalue weighted by atomic mass is 16.5. The van der Waals surface area contributed by atoms with Crippen LogP contribution in [0.4, 0.5) is 4.79 Å². The van der Waals surface area contributed by atoms with Gasteiger partial charge in [0.05, 0.1) is 13.7 Å². The Morgan fingerprint density at radius 3 is 2.79 bits per heavy atom. The average Bonchev–Trinajstić information content (AvgIpc) is 3.38. The highest BCUT2D eigenvalue weighted by Gasteiger charge is 2.57. The van der Waals surface area contributed by atoms with Gasteiger partial charge >= 0.3 is 6.03 Å². The summed E-state index contributed by atoms with van der Waals surface area (Å²) in [4.78, 5) is 51.5. The van der Waals surface area contributed by atoms with Crippen LogP contribution in [0.25, 0.3) is 0 Å². The van der Waals surface area contributed by atoms with Gasteiger partial charge in [-0.2, -0.15) is 0 Å². The van der Waals surface area contributed by atoms with Gasteiger partial charge in [0.1, 0.15) is 17.6 Å². The summed E-state index contributed by atoms with van der Waals surface area (Å²) in [5, 5.41) is 4.93. The summed E-state index contributed by atoms with van der Waals surface area (Å²) in [7, 11) is 1.52. The van der Waals surface area contributed by atoms with E-state index >= 15 is 0 Å². The number of primary amides is 1. The Hall–Kier alpha value is -4.08. The summed E-state index contributed by atoms with van der Waals surface area (Å²) in [5.74, 6) is -0.747. The molecule has 0 saturated carbocycles. The molecule has 3 aliphatic heterocycles. The number of methoxy groups -OCH3 is 1. The van der Waals surface area contributed by atoms with E-state index in [-0.39, 0.29) is 24.8 Å². The van der Waals surface area contributed by atoms with E-state index in [2.05, 4.69) is 10.6 Å². The maximum atomic E-state index is 13.1. The van der Waals surface area contributed by atoms with Crippen LogP contribution in [0.15, 0.2) is 53.8 Å². The second-order valence-electron chi connectivity index (χ2n) is 8.73. The number of nitrogens with zero attached hydrogens (tertiary/aromatic N) is 1. The summed E-state index contributed by atoms with van der Waals surface area (Å²) >= 11 is 0. The molecule has 4 aliphatic rings. The van der Waals surface area contributed by atoms with E-state index in [9.17, 15) is 19.2 Å². The van der Waals surface area contributed by atoms with Crippen LogP contribution in [0.3, 0.4) is 0 Å². The number of hydrogen-bond acceptors (Lipinski definition) is 6. The predicted molar refractivity (Wildman–Crippen MR) is 115 cm³/mol.